The van der Waals surface area contributed by atoms with E-state index in [0.717, 1.165) is 23.0 Å². The van der Waals surface area contributed by atoms with Gasteiger partial charge >= 0.3 is 0 Å². The summed E-state index contributed by atoms with van der Waals surface area (Å²) in [4.78, 5) is 18.0. The molecule has 0 bridgehead atoms. The third-order valence-corrected chi connectivity index (χ3v) is 5.40. The zero-order valence-electron chi connectivity index (χ0n) is 19.5. The normalized spacial score (nSPS) is 11.8. The monoisotopic (exact) mass is 435 g/mol. The minimum atomic E-state index is -0.214. The molecule has 2 N–H and O–H groups in total. The molecule has 32 heavy (non-hydrogen) atoms. The largest absolute Gasteiger partial charge is 0.493 e. The number of nitrogens with zero attached hydrogens (tertiary/aromatic N) is 1. The molecule has 0 saturated carbocycles. The van der Waals surface area contributed by atoms with Gasteiger partial charge in [-0.2, -0.15) is 0 Å². The fourth-order valence-electron chi connectivity index (χ4n) is 3.84. The number of aromatic nitrogens is 1. The summed E-state index contributed by atoms with van der Waals surface area (Å²) >= 11 is 0. The molecule has 170 valence electrons. The SMILES string of the molecule is COc1cc(NC(=O)/C=C/c2cccc3cc[nH]c23)ccc1OCCN(C(C)C)C(C)C. The Morgan fingerprint density at radius 1 is 1.09 bits per heavy atom. The van der Waals surface area contributed by atoms with Crippen LogP contribution >= 0.6 is 0 Å². The van der Waals surface area contributed by atoms with E-state index in [-0.39, 0.29) is 5.91 Å². The van der Waals surface area contributed by atoms with Crippen molar-refractivity contribution in [1.82, 2.24) is 9.88 Å². The minimum absolute atomic E-state index is 0.214. The van der Waals surface area contributed by atoms with Crippen LogP contribution in [0.15, 0.2) is 54.7 Å². The molecule has 0 saturated heterocycles. The third kappa shape index (κ3) is 5.92. The Labute approximate surface area is 190 Å². The number of fused-ring (bicyclic) bond motifs is 1. The molecule has 1 aromatic heterocycles. The van der Waals surface area contributed by atoms with E-state index in [1.807, 2.05) is 42.6 Å². The first-order valence-corrected chi connectivity index (χ1v) is 11.0. The second kappa shape index (κ2) is 10.9. The van der Waals surface area contributed by atoms with Gasteiger partial charge in [-0.1, -0.05) is 18.2 Å². The molecule has 1 amide bonds. The molecule has 0 atom stereocenters. The average molecular weight is 436 g/mol. The van der Waals surface area contributed by atoms with Crippen LogP contribution in [0.5, 0.6) is 11.5 Å². The number of benzene rings is 2. The lowest BCUT2D eigenvalue weighted by Gasteiger charge is -2.30. The Balaban J connectivity index is 1.61. The molecule has 6 nitrogen and oxygen atoms in total. The van der Waals surface area contributed by atoms with Gasteiger partial charge in [0.25, 0.3) is 0 Å². The third-order valence-electron chi connectivity index (χ3n) is 5.40. The van der Waals surface area contributed by atoms with Crippen LogP contribution < -0.4 is 14.8 Å². The number of aromatic amines is 1. The van der Waals surface area contributed by atoms with Gasteiger partial charge in [0, 0.05) is 42.7 Å². The van der Waals surface area contributed by atoms with Crippen LogP contribution in [-0.4, -0.2) is 48.1 Å². The molecule has 1 heterocycles. The second-order valence-corrected chi connectivity index (χ2v) is 8.25. The minimum Gasteiger partial charge on any atom is -0.493 e. The summed E-state index contributed by atoms with van der Waals surface area (Å²) in [6.45, 7) is 10.1. The van der Waals surface area contributed by atoms with Gasteiger partial charge in [-0.3, -0.25) is 9.69 Å². The summed E-state index contributed by atoms with van der Waals surface area (Å²) in [5.41, 5.74) is 2.61. The van der Waals surface area contributed by atoms with Crippen molar-refractivity contribution in [2.75, 3.05) is 25.6 Å². The quantitative estimate of drug-likeness (QED) is 0.423. The lowest BCUT2D eigenvalue weighted by atomic mass is 10.1. The number of amides is 1. The fourth-order valence-corrected chi connectivity index (χ4v) is 3.84. The smallest absolute Gasteiger partial charge is 0.248 e. The van der Waals surface area contributed by atoms with Crippen molar-refractivity contribution < 1.29 is 14.3 Å². The molecule has 0 fully saturated rings. The Bertz CT molecular complexity index is 1060. The second-order valence-electron chi connectivity index (χ2n) is 8.25. The van der Waals surface area contributed by atoms with E-state index in [1.165, 1.54) is 6.08 Å². The van der Waals surface area contributed by atoms with Crippen molar-refractivity contribution >= 4 is 28.6 Å². The number of carbonyl (C=O) groups is 1. The van der Waals surface area contributed by atoms with Gasteiger partial charge in [-0.25, -0.2) is 0 Å². The molecular formula is C26H33N3O3. The Morgan fingerprint density at radius 2 is 1.88 bits per heavy atom. The number of methoxy groups -OCH3 is 1. The Kier molecular flexibility index (Phi) is 7.95. The molecule has 0 aliphatic carbocycles. The molecule has 0 aliphatic rings. The number of H-pyrrole nitrogens is 1. The van der Waals surface area contributed by atoms with Gasteiger partial charge in [0.05, 0.1) is 12.6 Å². The molecule has 3 aromatic rings. The van der Waals surface area contributed by atoms with E-state index in [4.69, 9.17) is 9.47 Å². The summed E-state index contributed by atoms with van der Waals surface area (Å²) in [5, 5.41) is 3.99. The Morgan fingerprint density at radius 3 is 2.59 bits per heavy atom. The van der Waals surface area contributed by atoms with Crippen molar-refractivity contribution in [3.63, 3.8) is 0 Å². The maximum atomic E-state index is 12.4. The lowest BCUT2D eigenvalue weighted by Crippen LogP contribution is -2.39. The molecule has 6 heteroatoms. The van der Waals surface area contributed by atoms with Crippen LogP contribution in [0.25, 0.3) is 17.0 Å². The van der Waals surface area contributed by atoms with Crippen molar-refractivity contribution in [2.45, 2.75) is 39.8 Å². The number of carbonyl (C=O) groups excluding carboxylic acids is 1. The number of anilines is 1. The van der Waals surface area contributed by atoms with E-state index < -0.39 is 0 Å². The van der Waals surface area contributed by atoms with Crippen molar-refractivity contribution in [3.8, 4) is 11.5 Å². The molecule has 0 unspecified atom stereocenters. The van der Waals surface area contributed by atoms with Gasteiger partial charge in [0.15, 0.2) is 11.5 Å². The van der Waals surface area contributed by atoms with Gasteiger partial charge < -0.3 is 19.8 Å². The summed E-state index contributed by atoms with van der Waals surface area (Å²) in [5.74, 6) is 1.03. The van der Waals surface area contributed by atoms with E-state index in [9.17, 15) is 4.79 Å². The highest BCUT2D eigenvalue weighted by molar-refractivity contribution is 6.03. The maximum absolute atomic E-state index is 12.4. The van der Waals surface area contributed by atoms with Crippen LogP contribution in [-0.2, 0) is 4.79 Å². The standard InChI is InChI=1S/C26H33N3O3/c1-18(2)29(19(3)4)15-16-32-23-11-10-22(17-24(23)31-5)28-25(30)12-9-20-7-6-8-21-13-14-27-26(20)21/h6-14,17-19,27H,15-16H2,1-5H3,(H,28,30)/b12-9+. The number of nitrogens with one attached hydrogen (secondary N) is 2. The molecule has 0 spiro atoms. The Hall–Kier alpha value is -3.25. The summed E-state index contributed by atoms with van der Waals surface area (Å²) in [7, 11) is 1.60. The first kappa shape index (κ1) is 23.4. The van der Waals surface area contributed by atoms with E-state index >= 15 is 0 Å². The molecule has 0 aliphatic heterocycles. The average Bonchev–Trinajstić information content (AvgIpc) is 3.24. The van der Waals surface area contributed by atoms with E-state index in [1.54, 1.807) is 19.3 Å². The van der Waals surface area contributed by atoms with Crippen molar-refractivity contribution in [3.05, 3.63) is 60.3 Å². The van der Waals surface area contributed by atoms with Crippen LogP contribution in [0, 0.1) is 0 Å². The number of hydrogen-bond donors (Lipinski definition) is 2. The number of para-hydroxylation sites is 1. The predicted molar refractivity (Wildman–Crippen MR) is 131 cm³/mol. The summed E-state index contributed by atoms with van der Waals surface area (Å²) in [6, 6.07) is 14.3. The van der Waals surface area contributed by atoms with Crippen LogP contribution in [0.1, 0.15) is 33.3 Å². The molecular weight excluding hydrogens is 402 g/mol. The number of hydrogen-bond acceptors (Lipinski definition) is 4. The van der Waals surface area contributed by atoms with Gasteiger partial charge in [-0.05, 0) is 62.9 Å². The highest BCUT2D eigenvalue weighted by Crippen LogP contribution is 2.30. The first-order chi connectivity index (χ1) is 15.4. The van der Waals surface area contributed by atoms with Gasteiger partial charge in [-0.15, -0.1) is 0 Å². The topological polar surface area (TPSA) is 66.6 Å². The first-order valence-electron chi connectivity index (χ1n) is 11.0. The lowest BCUT2D eigenvalue weighted by molar-refractivity contribution is -0.111. The summed E-state index contributed by atoms with van der Waals surface area (Å²) in [6.07, 6.45) is 5.22. The van der Waals surface area contributed by atoms with E-state index in [2.05, 4.69) is 42.9 Å². The molecule has 3 rings (SSSR count). The number of ether oxygens (including phenoxy) is 2. The van der Waals surface area contributed by atoms with E-state index in [0.29, 0.717) is 35.9 Å². The van der Waals surface area contributed by atoms with Gasteiger partial charge in [0.1, 0.15) is 6.61 Å². The van der Waals surface area contributed by atoms with Gasteiger partial charge in [0.2, 0.25) is 5.91 Å². The number of rotatable bonds is 10. The zero-order chi connectivity index (χ0) is 23.1. The van der Waals surface area contributed by atoms with Crippen molar-refractivity contribution in [2.24, 2.45) is 0 Å². The molecule has 0 radical (unpaired) electrons. The predicted octanol–water partition coefficient (Wildman–Crippen LogP) is 5.33. The zero-order valence-corrected chi connectivity index (χ0v) is 19.5. The van der Waals surface area contributed by atoms with Crippen LogP contribution in [0.2, 0.25) is 0 Å². The van der Waals surface area contributed by atoms with Crippen molar-refractivity contribution in [1.29, 1.82) is 0 Å². The highest BCUT2D eigenvalue weighted by atomic mass is 16.5. The van der Waals surface area contributed by atoms with Crippen LogP contribution in [0.3, 0.4) is 0 Å². The maximum Gasteiger partial charge on any atom is 0.248 e. The summed E-state index contributed by atoms with van der Waals surface area (Å²) < 4.78 is 11.4. The van der Waals surface area contributed by atoms with Crippen LogP contribution in [0.4, 0.5) is 5.69 Å². The highest BCUT2D eigenvalue weighted by Gasteiger charge is 2.14. The fraction of sp³-hybridized carbons (Fsp3) is 0.346. The molecule has 2 aromatic carbocycles.